The van der Waals surface area contributed by atoms with Gasteiger partial charge in [0.15, 0.2) is 0 Å². The van der Waals surface area contributed by atoms with Gasteiger partial charge >= 0.3 is 5.97 Å². The second kappa shape index (κ2) is 6.49. The molecule has 1 saturated heterocycles. The number of carboxylic acids is 1. The van der Waals surface area contributed by atoms with Crippen LogP contribution in [0.25, 0.3) is 0 Å². The Balaban J connectivity index is 2.53. The molecule has 0 aliphatic carbocycles. The van der Waals surface area contributed by atoms with E-state index in [4.69, 9.17) is 5.11 Å². The summed E-state index contributed by atoms with van der Waals surface area (Å²) in [6.45, 7) is 4.92. The van der Waals surface area contributed by atoms with Crippen LogP contribution in [-0.4, -0.2) is 43.4 Å². The summed E-state index contributed by atoms with van der Waals surface area (Å²) in [4.78, 5) is 10.9. The van der Waals surface area contributed by atoms with Gasteiger partial charge in [-0.2, -0.15) is 12.7 Å². The van der Waals surface area contributed by atoms with Crippen LogP contribution in [0, 0.1) is 11.8 Å². The van der Waals surface area contributed by atoms with Crippen molar-refractivity contribution in [1.82, 2.24) is 9.03 Å². The molecule has 1 aliphatic heterocycles. The maximum Gasteiger partial charge on any atom is 0.307 e. The topological polar surface area (TPSA) is 86.7 Å². The molecule has 0 amide bonds. The van der Waals surface area contributed by atoms with Crippen LogP contribution in [0.4, 0.5) is 0 Å². The van der Waals surface area contributed by atoms with Gasteiger partial charge in [0.1, 0.15) is 0 Å². The van der Waals surface area contributed by atoms with E-state index in [0.29, 0.717) is 31.8 Å². The Morgan fingerprint density at radius 3 is 2.72 bits per heavy atom. The minimum Gasteiger partial charge on any atom is -0.481 e. The van der Waals surface area contributed by atoms with E-state index in [-0.39, 0.29) is 6.54 Å². The van der Waals surface area contributed by atoms with Crippen LogP contribution in [0.3, 0.4) is 0 Å². The van der Waals surface area contributed by atoms with Gasteiger partial charge in [-0.25, -0.2) is 4.72 Å². The molecule has 1 rings (SSSR count). The van der Waals surface area contributed by atoms with Crippen molar-refractivity contribution in [3.63, 3.8) is 0 Å². The highest BCUT2D eigenvalue weighted by atomic mass is 32.2. The van der Waals surface area contributed by atoms with Crippen molar-refractivity contribution in [2.24, 2.45) is 11.8 Å². The second-order valence-electron chi connectivity index (χ2n) is 5.12. The molecule has 106 valence electrons. The number of rotatable bonds is 6. The van der Waals surface area contributed by atoms with Crippen molar-refractivity contribution in [1.29, 1.82) is 0 Å². The molecule has 0 aromatic heterocycles. The first-order valence-corrected chi connectivity index (χ1v) is 7.74. The van der Waals surface area contributed by atoms with Crippen molar-refractivity contribution in [2.75, 3.05) is 19.6 Å². The highest BCUT2D eigenvalue weighted by Crippen LogP contribution is 2.18. The van der Waals surface area contributed by atoms with Gasteiger partial charge in [-0.3, -0.25) is 4.79 Å². The molecule has 0 bridgehead atoms. The van der Waals surface area contributed by atoms with Crippen molar-refractivity contribution >= 4 is 16.2 Å². The third-order valence-electron chi connectivity index (χ3n) is 3.08. The van der Waals surface area contributed by atoms with E-state index in [0.717, 1.165) is 6.42 Å². The fourth-order valence-electron chi connectivity index (χ4n) is 1.93. The van der Waals surface area contributed by atoms with Gasteiger partial charge in [0.05, 0.1) is 5.92 Å². The number of hydrogen-bond acceptors (Lipinski definition) is 3. The summed E-state index contributed by atoms with van der Waals surface area (Å²) < 4.78 is 27.7. The Hall–Kier alpha value is -0.660. The van der Waals surface area contributed by atoms with Gasteiger partial charge in [-0.05, 0) is 25.2 Å². The van der Waals surface area contributed by atoms with Gasteiger partial charge in [-0.15, -0.1) is 0 Å². The largest absolute Gasteiger partial charge is 0.481 e. The third kappa shape index (κ3) is 4.55. The highest BCUT2D eigenvalue weighted by molar-refractivity contribution is 7.87. The van der Waals surface area contributed by atoms with Crippen LogP contribution in [0.1, 0.15) is 33.1 Å². The van der Waals surface area contributed by atoms with Crippen LogP contribution in [0.2, 0.25) is 0 Å². The molecule has 1 fully saturated rings. The number of hydrogen-bond donors (Lipinski definition) is 2. The summed E-state index contributed by atoms with van der Waals surface area (Å²) in [6, 6.07) is 0. The van der Waals surface area contributed by atoms with Gasteiger partial charge < -0.3 is 5.11 Å². The summed E-state index contributed by atoms with van der Waals surface area (Å²) in [5, 5.41) is 8.93. The number of nitrogens with one attached hydrogen (secondary N) is 1. The van der Waals surface area contributed by atoms with E-state index >= 15 is 0 Å². The fraction of sp³-hybridized carbons (Fsp3) is 0.909. The zero-order valence-corrected chi connectivity index (χ0v) is 11.7. The molecular weight excluding hydrogens is 256 g/mol. The van der Waals surface area contributed by atoms with Crippen LogP contribution in [0.5, 0.6) is 0 Å². The molecular formula is C11H22N2O4S. The molecule has 6 nitrogen and oxygen atoms in total. The summed E-state index contributed by atoms with van der Waals surface area (Å²) in [5.74, 6) is -1.07. The van der Waals surface area contributed by atoms with Crippen LogP contribution in [-0.2, 0) is 15.0 Å². The molecule has 1 unspecified atom stereocenters. The lowest BCUT2D eigenvalue weighted by molar-refractivity contribution is -0.142. The average molecular weight is 278 g/mol. The Morgan fingerprint density at radius 1 is 1.50 bits per heavy atom. The normalized spacial score (nSPS) is 22.3. The van der Waals surface area contributed by atoms with Crippen molar-refractivity contribution in [3.8, 4) is 0 Å². The minimum absolute atomic E-state index is 0.0757. The van der Waals surface area contributed by atoms with E-state index in [1.165, 1.54) is 4.31 Å². The molecule has 1 aliphatic rings. The standard InChI is InChI=1S/C11H22N2O4S/c1-9(2)5-6-12-18(16,17)13-7-3-4-10(8-13)11(14)15/h9-10,12H,3-8H2,1-2H3,(H,14,15). The summed E-state index contributed by atoms with van der Waals surface area (Å²) >= 11 is 0. The molecule has 0 aromatic carbocycles. The number of aliphatic carboxylic acids is 1. The second-order valence-corrected chi connectivity index (χ2v) is 6.87. The van der Waals surface area contributed by atoms with Gasteiger partial charge in [0.2, 0.25) is 0 Å². The molecule has 0 radical (unpaired) electrons. The summed E-state index contributed by atoms with van der Waals surface area (Å²) in [5.41, 5.74) is 0. The van der Waals surface area contributed by atoms with Crippen molar-refractivity contribution < 1.29 is 18.3 Å². The lowest BCUT2D eigenvalue weighted by Gasteiger charge is -2.29. The van der Waals surface area contributed by atoms with Crippen LogP contribution < -0.4 is 4.72 Å². The van der Waals surface area contributed by atoms with Crippen LogP contribution in [0.15, 0.2) is 0 Å². The molecule has 0 aromatic rings. The Bertz CT molecular complexity index is 381. The van der Waals surface area contributed by atoms with E-state index < -0.39 is 22.1 Å². The monoisotopic (exact) mass is 278 g/mol. The van der Waals surface area contributed by atoms with Gasteiger partial charge in [0.25, 0.3) is 10.2 Å². The van der Waals surface area contributed by atoms with Crippen LogP contribution >= 0.6 is 0 Å². The van der Waals surface area contributed by atoms with Crippen molar-refractivity contribution in [3.05, 3.63) is 0 Å². The predicted octanol–water partition coefficient (Wildman–Crippen LogP) is 0.664. The number of piperidine rings is 1. The quantitative estimate of drug-likeness (QED) is 0.747. The zero-order chi connectivity index (χ0) is 13.8. The fourth-order valence-corrected chi connectivity index (χ4v) is 3.23. The van der Waals surface area contributed by atoms with E-state index in [1.54, 1.807) is 0 Å². The lowest BCUT2D eigenvalue weighted by Crippen LogP contribution is -2.47. The van der Waals surface area contributed by atoms with E-state index in [1.807, 2.05) is 13.8 Å². The molecule has 7 heteroatoms. The van der Waals surface area contributed by atoms with Gasteiger partial charge in [0, 0.05) is 19.6 Å². The van der Waals surface area contributed by atoms with E-state index in [2.05, 4.69) is 4.72 Å². The first kappa shape index (κ1) is 15.4. The molecule has 0 spiro atoms. The Morgan fingerprint density at radius 2 is 2.17 bits per heavy atom. The van der Waals surface area contributed by atoms with E-state index in [9.17, 15) is 13.2 Å². The summed E-state index contributed by atoms with van der Waals surface area (Å²) in [7, 11) is -3.53. The number of carbonyl (C=O) groups is 1. The third-order valence-corrected chi connectivity index (χ3v) is 4.66. The average Bonchev–Trinajstić information content (AvgIpc) is 2.28. The maximum absolute atomic E-state index is 12.0. The first-order chi connectivity index (χ1) is 8.33. The first-order valence-electron chi connectivity index (χ1n) is 6.30. The highest BCUT2D eigenvalue weighted by Gasteiger charge is 2.31. The Labute approximate surface area is 109 Å². The lowest BCUT2D eigenvalue weighted by atomic mass is 10.0. The number of carboxylic acid groups (broad SMARTS) is 1. The Kier molecular flexibility index (Phi) is 5.55. The smallest absolute Gasteiger partial charge is 0.307 e. The SMILES string of the molecule is CC(C)CCNS(=O)(=O)N1CCCC(C(=O)O)C1. The predicted molar refractivity (Wildman–Crippen MR) is 68.3 cm³/mol. The van der Waals surface area contributed by atoms with Crippen molar-refractivity contribution in [2.45, 2.75) is 33.1 Å². The molecule has 2 N–H and O–H groups in total. The minimum atomic E-state index is -3.53. The zero-order valence-electron chi connectivity index (χ0n) is 10.9. The maximum atomic E-state index is 12.0. The molecule has 1 atom stereocenters. The summed E-state index contributed by atoms with van der Waals surface area (Å²) in [6.07, 6.45) is 1.92. The van der Waals surface area contributed by atoms with Gasteiger partial charge in [-0.1, -0.05) is 13.8 Å². The number of nitrogens with zero attached hydrogens (tertiary/aromatic N) is 1. The molecule has 18 heavy (non-hydrogen) atoms. The molecule has 0 saturated carbocycles. The molecule has 1 heterocycles.